The van der Waals surface area contributed by atoms with Crippen molar-refractivity contribution in [1.29, 1.82) is 0 Å². The van der Waals surface area contributed by atoms with Gasteiger partial charge in [0.1, 0.15) is 0 Å². The second-order valence-electron chi connectivity index (χ2n) is 4.90. The Hall–Kier alpha value is -0.580. The van der Waals surface area contributed by atoms with Crippen molar-refractivity contribution in [3.05, 3.63) is 0 Å². The lowest BCUT2D eigenvalue weighted by molar-refractivity contribution is -0.123. The van der Waals surface area contributed by atoms with E-state index in [1.54, 1.807) is 6.92 Å². The van der Waals surface area contributed by atoms with Crippen LogP contribution in [0.5, 0.6) is 0 Å². The summed E-state index contributed by atoms with van der Waals surface area (Å²) in [5.74, 6) is -0.716. The summed E-state index contributed by atoms with van der Waals surface area (Å²) in [7, 11) is -3.42. The maximum atomic E-state index is 11.3. The van der Waals surface area contributed by atoms with Crippen LogP contribution < -0.4 is 4.72 Å². The molecular formula is C9H19NO3S. The molecule has 0 aliphatic heterocycles. The van der Waals surface area contributed by atoms with E-state index in [1.165, 1.54) is 0 Å². The van der Waals surface area contributed by atoms with Crippen LogP contribution in [0, 0.1) is 11.3 Å². The van der Waals surface area contributed by atoms with E-state index in [2.05, 4.69) is 0 Å². The molecule has 0 bridgehead atoms. The fraction of sp³-hybridized carbons (Fsp3) is 0.889. The summed E-state index contributed by atoms with van der Waals surface area (Å²) in [5, 5.41) is 0. The van der Waals surface area contributed by atoms with Crippen molar-refractivity contribution in [3.8, 4) is 0 Å². The molecule has 0 aliphatic rings. The largest absolute Gasteiger partial charge is 0.274 e. The number of rotatable bonds is 3. The van der Waals surface area contributed by atoms with Gasteiger partial charge < -0.3 is 0 Å². The minimum atomic E-state index is -3.42. The summed E-state index contributed by atoms with van der Waals surface area (Å²) in [5.41, 5.74) is 0.0221. The number of amides is 1. The Bertz CT molecular complexity index is 301. The summed E-state index contributed by atoms with van der Waals surface area (Å²) in [4.78, 5) is 11.3. The highest BCUT2D eigenvalue weighted by Crippen LogP contribution is 2.24. The van der Waals surface area contributed by atoms with Crippen molar-refractivity contribution in [2.24, 2.45) is 11.3 Å². The van der Waals surface area contributed by atoms with Gasteiger partial charge in [0, 0.05) is 5.92 Å². The summed E-state index contributed by atoms with van der Waals surface area (Å²) in [6, 6.07) is 0. The van der Waals surface area contributed by atoms with E-state index in [9.17, 15) is 13.2 Å². The first-order valence-electron chi connectivity index (χ1n) is 4.53. The van der Waals surface area contributed by atoms with Gasteiger partial charge in [-0.25, -0.2) is 8.42 Å². The number of hydrogen-bond acceptors (Lipinski definition) is 3. The fourth-order valence-electron chi connectivity index (χ4n) is 1.29. The summed E-state index contributed by atoms with van der Waals surface area (Å²) < 4.78 is 23.5. The van der Waals surface area contributed by atoms with Crippen molar-refractivity contribution in [1.82, 2.24) is 4.72 Å². The van der Waals surface area contributed by atoms with Gasteiger partial charge >= 0.3 is 0 Å². The van der Waals surface area contributed by atoms with Gasteiger partial charge in [-0.15, -0.1) is 0 Å². The van der Waals surface area contributed by atoms with Crippen LogP contribution in [-0.4, -0.2) is 20.6 Å². The number of carbonyl (C=O) groups excluding carboxylic acids is 1. The van der Waals surface area contributed by atoms with Crippen molar-refractivity contribution in [3.63, 3.8) is 0 Å². The summed E-state index contributed by atoms with van der Waals surface area (Å²) in [6.45, 7) is 7.76. The normalized spacial score (nSPS) is 14.9. The van der Waals surface area contributed by atoms with E-state index in [1.807, 2.05) is 25.5 Å². The molecule has 1 amide bonds. The molecule has 4 nitrogen and oxygen atoms in total. The van der Waals surface area contributed by atoms with Gasteiger partial charge in [-0.3, -0.25) is 9.52 Å². The first-order valence-corrected chi connectivity index (χ1v) is 6.42. The van der Waals surface area contributed by atoms with Crippen molar-refractivity contribution in [2.75, 3.05) is 6.26 Å². The van der Waals surface area contributed by atoms with Crippen LogP contribution in [0.2, 0.25) is 0 Å². The summed E-state index contributed by atoms with van der Waals surface area (Å²) in [6.07, 6.45) is 1.64. The molecule has 0 saturated heterocycles. The third kappa shape index (κ3) is 6.88. The van der Waals surface area contributed by atoms with Crippen LogP contribution in [0.3, 0.4) is 0 Å². The molecule has 0 rings (SSSR count). The van der Waals surface area contributed by atoms with Gasteiger partial charge in [0.15, 0.2) is 0 Å². The first kappa shape index (κ1) is 13.4. The highest BCUT2D eigenvalue weighted by atomic mass is 32.2. The monoisotopic (exact) mass is 221 g/mol. The van der Waals surface area contributed by atoms with E-state index in [0.717, 1.165) is 6.26 Å². The van der Waals surface area contributed by atoms with E-state index in [0.29, 0.717) is 6.42 Å². The zero-order valence-electron chi connectivity index (χ0n) is 9.42. The fourth-order valence-corrected chi connectivity index (χ4v) is 1.86. The zero-order chi connectivity index (χ0) is 11.6. The molecule has 0 aromatic heterocycles. The van der Waals surface area contributed by atoms with Crippen LogP contribution in [0.25, 0.3) is 0 Å². The molecule has 14 heavy (non-hydrogen) atoms. The molecule has 0 aromatic rings. The lowest BCUT2D eigenvalue weighted by Crippen LogP contribution is -2.35. The van der Waals surface area contributed by atoms with E-state index >= 15 is 0 Å². The smallest absolute Gasteiger partial charge is 0.236 e. The molecule has 0 fully saturated rings. The molecule has 0 aromatic carbocycles. The SMILES string of the molecule is C[C@@H](CC(C)(C)C)C(=O)NS(C)(=O)=O. The Labute approximate surface area is 86.1 Å². The van der Waals surface area contributed by atoms with E-state index in [-0.39, 0.29) is 11.3 Å². The highest BCUT2D eigenvalue weighted by molar-refractivity contribution is 7.89. The Kier molecular flexibility index (Phi) is 4.12. The van der Waals surface area contributed by atoms with Gasteiger partial charge in [-0.05, 0) is 11.8 Å². The third-order valence-electron chi connectivity index (χ3n) is 1.65. The third-order valence-corrected chi connectivity index (χ3v) is 2.22. The van der Waals surface area contributed by atoms with Crippen LogP contribution in [0.1, 0.15) is 34.1 Å². The second kappa shape index (κ2) is 4.29. The average molecular weight is 221 g/mol. The number of nitrogens with one attached hydrogen (secondary N) is 1. The standard InChI is InChI=1S/C9H19NO3S/c1-7(6-9(2,3)4)8(11)10-14(5,12)13/h7H,6H2,1-5H3,(H,10,11)/t7-/m0/s1. The minimum absolute atomic E-state index is 0.0221. The summed E-state index contributed by atoms with van der Waals surface area (Å²) >= 11 is 0. The van der Waals surface area contributed by atoms with E-state index in [4.69, 9.17) is 0 Å². The molecule has 0 spiro atoms. The molecule has 0 aliphatic carbocycles. The molecule has 1 atom stereocenters. The Morgan fingerprint density at radius 1 is 1.36 bits per heavy atom. The van der Waals surface area contributed by atoms with Crippen LogP contribution >= 0.6 is 0 Å². The maximum Gasteiger partial charge on any atom is 0.236 e. The Balaban J connectivity index is 4.29. The van der Waals surface area contributed by atoms with Crippen molar-refractivity contribution < 1.29 is 13.2 Å². The number of hydrogen-bond donors (Lipinski definition) is 1. The maximum absolute atomic E-state index is 11.3. The molecular weight excluding hydrogens is 202 g/mol. The van der Waals surface area contributed by atoms with Gasteiger partial charge in [0.2, 0.25) is 15.9 Å². The van der Waals surface area contributed by atoms with E-state index < -0.39 is 15.9 Å². The lowest BCUT2D eigenvalue weighted by Gasteiger charge is -2.22. The molecule has 0 heterocycles. The Morgan fingerprint density at radius 2 is 1.79 bits per heavy atom. The van der Waals surface area contributed by atoms with Gasteiger partial charge in [-0.1, -0.05) is 27.7 Å². The molecule has 1 N–H and O–H groups in total. The predicted octanol–water partition coefficient (Wildman–Crippen LogP) is 1.13. The van der Waals surface area contributed by atoms with Crippen LogP contribution in [-0.2, 0) is 14.8 Å². The zero-order valence-corrected chi connectivity index (χ0v) is 10.2. The average Bonchev–Trinajstić information content (AvgIpc) is 1.78. The number of carbonyl (C=O) groups is 1. The number of sulfonamides is 1. The van der Waals surface area contributed by atoms with Gasteiger partial charge in [0.05, 0.1) is 6.26 Å². The lowest BCUT2D eigenvalue weighted by atomic mass is 9.85. The quantitative estimate of drug-likeness (QED) is 0.777. The predicted molar refractivity (Wildman–Crippen MR) is 56.2 cm³/mol. The first-order chi connectivity index (χ1) is 6.01. The Morgan fingerprint density at radius 3 is 2.07 bits per heavy atom. The van der Waals surface area contributed by atoms with Crippen LogP contribution in [0.15, 0.2) is 0 Å². The van der Waals surface area contributed by atoms with Crippen molar-refractivity contribution >= 4 is 15.9 Å². The molecule has 0 unspecified atom stereocenters. The van der Waals surface area contributed by atoms with Gasteiger partial charge in [-0.2, -0.15) is 0 Å². The molecule has 0 saturated carbocycles. The topological polar surface area (TPSA) is 63.2 Å². The highest BCUT2D eigenvalue weighted by Gasteiger charge is 2.22. The van der Waals surface area contributed by atoms with Crippen LogP contribution in [0.4, 0.5) is 0 Å². The molecule has 84 valence electrons. The molecule has 0 radical (unpaired) electrons. The van der Waals surface area contributed by atoms with Gasteiger partial charge in [0.25, 0.3) is 0 Å². The van der Waals surface area contributed by atoms with Crippen molar-refractivity contribution in [2.45, 2.75) is 34.1 Å². The molecule has 5 heteroatoms. The second-order valence-corrected chi connectivity index (χ2v) is 6.65. The minimum Gasteiger partial charge on any atom is -0.274 e.